The number of hydrogen-bond donors (Lipinski definition) is 2. The summed E-state index contributed by atoms with van der Waals surface area (Å²) >= 11 is 0. The number of hydrogen-bond acceptors (Lipinski definition) is 3. The Morgan fingerprint density at radius 2 is 1.96 bits per heavy atom. The van der Waals surface area contributed by atoms with Crippen LogP contribution >= 0.6 is 0 Å². The number of aliphatic imine (C=N–C) groups is 1. The minimum atomic E-state index is 0.158. The molecule has 0 spiro atoms. The minimum Gasteiger partial charge on any atom is -0.497 e. The molecule has 26 heavy (non-hydrogen) atoms. The van der Waals surface area contributed by atoms with Crippen molar-refractivity contribution in [3.63, 3.8) is 0 Å². The fraction of sp³-hybridized carbons (Fsp3) is 0.381. The molecule has 0 bridgehead atoms. The molecule has 2 N–H and O–H groups in total. The molecular formula is C21H27N3O2. The third-order valence-corrected chi connectivity index (χ3v) is 4.53. The Hall–Kier alpha value is -2.69. The highest BCUT2D eigenvalue weighted by Crippen LogP contribution is 2.27. The minimum absolute atomic E-state index is 0.158. The molecule has 0 saturated heterocycles. The Balaban J connectivity index is 1.35. The Labute approximate surface area is 155 Å². The number of nitrogens with zero attached hydrogens (tertiary/aromatic N) is 1. The third-order valence-electron chi connectivity index (χ3n) is 4.53. The van der Waals surface area contributed by atoms with Gasteiger partial charge in [0.05, 0.1) is 13.7 Å². The van der Waals surface area contributed by atoms with Crippen molar-refractivity contribution in [1.29, 1.82) is 0 Å². The number of rotatable bonds is 7. The largest absolute Gasteiger partial charge is 0.497 e. The van der Waals surface area contributed by atoms with E-state index in [1.165, 1.54) is 11.1 Å². The Morgan fingerprint density at radius 1 is 1.15 bits per heavy atom. The van der Waals surface area contributed by atoms with Gasteiger partial charge in [-0.25, -0.2) is 0 Å². The predicted octanol–water partition coefficient (Wildman–Crippen LogP) is 2.80. The number of aryl methyl sites for hydroxylation is 1. The van der Waals surface area contributed by atoms with Crippen molar-refractivity contribution >= 4 is 5.96 Å². The lowest BCUT2D eigenvalue weighted by Crippen LogP contribution is -2.42. The number of benzene rings is 2. The summed E-state index contributed by atoms with van der Waals surface area (Å²) < 4.78 is 11.1. The Kier molecular flexibility index (Phi) is 6.36. The second-order valence-corrected chi connectivity index (χ2v) is 6.38. The fourth-order valence-electron chi connectivity index (χ4n) is 3.09. The quantitative estimate of drug-likeness (QED) is 0.457. The Morgan fingerprint density at radius 3 is 2.69 bits per heavy atom. The van der Waals surface area contributed by atoms with E-state index in [2.05, 4.69) is 39.9 Å². The molecule has 5 heteroatoms. The summed E-state index contributed by atoms with van der Waals surface area (Å²) in [6.45, 7) is 1.62. The first-order valence-corrected chi connectivity index (χ1v) is 9.10. The summed E-state index contributed by atoms with van der Waals surface area (Å²) in [6, 6.07) is 16.5. The number of methoxy groups -OCH3 is 1. The third kappa shape index (κ3) is 4.91. The summed E-state index contributed by atoms with van der Waals surface area (Å²) in [7, 11) is 3.48. The summed E-state index contributed by atoms with van der Waals surface area (Å²) in [5, 5.41) is 6.72. The molecule has 1 aliphatic rings. The molecule has 0 aromatic heterocycles. The molecule has 2 aromatic carbocycles. The second-order valence-electron chi connectivity index (χ2n) is 6.38. The van der Waals surface area contributed by atoms with E-state index in [4.69, 9.17) is 9.47 Å². The maximum Gasteiger partial charge on any atom is 0.191 e. The van der Waals surface area contributed by atoms with Gasteiger partial charge >= 0.3 is 0 Å². The van der Waals surface area contributed by atoms with Crippen molar-refractivity contribution in [3.8, 4) is 11.5 Å². The van der Waals surface area contributed by atoms with Gasteiger partial charge in [0.25, 0.3) is 0 Å². The van der Waals surface area contributed by atoms with E-state index >= 15 is 0 Å². The average Bonchev–Trinajstić information content (AvgIpc) is 3.11. The zero-order valence-corrected chi connectivity index (χ0v) is 15.5. The van der Waals surface area contributed by atoms with Gasteiger partial charge in [0, 0.05) is 20.0 Å². The first kappa shape index (κ1) is 18.1. The van der Waals surface area contributed by atoms with Crippen molar-refractivity contribution in [3.05, 3.63) is 59.7 Å². The molecule has 1 atom stereocenters. The van der Waals surface area contributed by atoms with Crippen LogP contribution in [0.4, 0.5) is 0 Å². The van der Waals surface area contributed by atoms with Crippen LogP contribution in [0, 0.1) is 0 Å². The van der Waals surface area contributed by atoms with Gasteiger partial charge in [-0.15, -0.1) is 0 Å². The number of guanidine groups is 1. The number of para-hydroxylation sites is 1. The van der Waals surface area contributed by atoms with Crippen LogP contribution in [0.1, 0.15) is 17.5 Å². The van der Waals surface area contributed by atoms with Gasteiger partial charge < -0.3 is 20.1 Å². The topological polar surface area (TPSA) is 54.9 Å². The van der Waals surface area contributed by atoms with Gasteiger partial charge in [0.1, 0.15) is 17.6 Å². The summed E-state index contributed by atoms with van der Waals surface area (Å²) in [5.41, 5.74) is 2.59. The van der Waals surface area contributed by atoms with Crippen LogP contribution in [0.2, 0.25) is 0 Å². The fourth-order valence-corrected chi connectivity index (χ4v) is 3.09. The smallest absolute Gasteiger partial charge is 0.191 e. The van der Waals surface area contributed by atoms with Crippen LogP contribution in [0.15, 0.2) is 53.5 Å². The molecule has 0 amide bonds. The second kappa shape index (κ2) is 9.13. The highest BCUT2D eigenvalue weighted by atomic mass is 16.5. The van der Waals surface area contributed by atoms with E-state index in [0.717, 1.165) is 49.8 Å². The molecule has 2 aromatic rings. The monoisotopic (exact) mass is 353 g/mol. The molecule has 0 fully saturated rings. The molecule has 0 radical (unpaired) electrons. The molecule has 0 aliphatic carbocycles. The van der Waals surface area contributed by atoms with Gasteiger partial charge in [-0.2, -0.15) is 0 Å². The van der Waals surface area contributed by atoms with Crippen molar-refractivity contribution in [2.24, 2.45) is 4.99 Å². The lowest BCUT2D eigenvalue weighted by atomic mass is 10.1. The van der Waals surface area contributed by atoms with E-state index in [1.54, 1.807) is 14.2 Å². The molecule has 0 saturated carbocycles. The van der Waals surface area contributed by atoms with Gasteiger partial charge in [-0.1, -0.05) is 30.3 Å². The first-order chi connectivity index (χ1) is 12.8. The molecule has 1 unspecified atom stereocenters. The van der Waals surface area contributed by atoms with Gasteiger partial charge in [-0.3, -0.25) is 4.99 Å². The van der Waals surface area contributed by atoms with Crippen LogP contribution < -0.4 is 20.1 Å². The number of fused-ring (bicyclic) bond motifs is 1. The Bertz CT molecular complexity index is 703. The molecule has 3 rings (SSSR count). The van der Waals surface area contributed by atoms with Crippen LogP contribution in [0.25, 0.3) is 0 Å². The maximum absolute atomic E-state index is 5.95. The van der Waals surface area contributed by atoms with Crippen molar-refractivity contribution < 1.29 is 9.47 Å². The lowest BCUT2D eigenvalue weighted by molar-refractivity contribution is 0.235. The predicted molar refractivity (Wildman–Crippen MR) is 105 cm³/mol. The van der Waals surface area contributed by atoms with Crippen molar-refractivity contribution in [2.45, 2.75) is 25.4 Å². The maximum atomic E-state index is 5.95. The molecule has 1 heterocycles. The van der Waals surface area contributed by atoms with Gasteiger partial charge in [0.15, 0.2) is 5.96 Å². The molecule has 138 valence electrons. The first-order valence-electron chi connectivity index (χ1n) is 9.10. The van der Waals surface area contributed by atoms with Crippen LogP contribution in [0.5, 0.6) is 11.5 Å². The lowest BCUT2D eigenvalue weighted by Gasteiger charge is -2.15. The number of nitrogens with one attached hydrogen (secondary N) is 2. The highest BCUT2D eigenvalue weighted by molar-refractivity contribution is 5.79. The summed E-state index contributed by atoms with van der Waals surface area (Å²) in [5.74, 6) is 2.72. The summed E-state index contributed by atoms with van der Waals surface area (Å²) in [4.78, 5) is 4.29. The van der Waals surface area contributed by atoms with Gasteiger partial charge in [0.2, 0.25) is 0 Å². The van der Waals surface area contributed by atoms with Crippen LogP contribution in [-0.2, 0) is 12.8 Å². The van der Waals surface area contributed by atoms with E-state index in [-0.39, 0.29) is 6.10 Å². The van der Waals surface area contributed by atoms with Crippen LogP contribution in [0.3, 0.4) is 0 Å². The van der Waals surface area contributed by atoms with Crippen LogP contribution in [-0.4, -0.2) is 39.3 Å². The standard InChI is InChI=1S/C21H27N3O2/c1-22-21(23-13-5-6-16-9-11-18(25-2)12-10-16)24-15-19-14-17-7-3-4-8-20(17)26-19/h3-4,7-12,19H,5-6,13-15H2,1-2H3,(H2,22,23,24). The van der Waals surface area contributed by atoms with Crippen molar-refractivity contribution in [2.75, 3.05) is 27.2 Å². The molecule has 5 nitrogen and oxygen atoms in total. The zero-order valence-electron chi connectivity index (χ0n) is 15.5. The van der Waals surface area contributed by atoms with E-state index in [0.29, 0.717) is 0 Å². The molecular weight excluding hydrogens is 326 g/mol. The zero-order chi connectivity index (χ0) is 18.2. The van der Waals surface area contributed by atoms with E-state index in [9.17, 15) is 0 Å². The average molecular weight is 353 g/mol. The number of ether oxygens (including phenoxy) is 2. The summed E-state index contributed by atoms with van der Waals surface area (Å²) in [6.07, 6.45) is 3.16. The molecule has 1 aliphatic heterocycles. The SMILES string of the molecule is CN=C(NCCCc1ccc(OC)cc1)NCC1Cc2ccccc2O1. The van der Waals surface area contributed by atoms with E-state index < -0.39 is 0 Å². The van der Waals surface area contributed by atoms with Gasteiger partial charge in [-0.05, 0) is 42.2 Å². The van der Waals surface area contributed by atoms with E-state index in [1.807, 2.05) is 24.3 Å². The van der Waals surface area contributed by atoms with Crippen molar-refractivity contribution in [1.82, 2.24) is 10.6 Å². The normalized spacial score (nSPS) is 15.9. The highest BCUT2D eigenvalue weighted by Gasteiger charge is 2.22.